The van der Waals surface area contributed by atoms with Gasteiger partial charge in [0.1, 0.15) is 11.6 Å². The third kappa shape index (κ3) is 1.69. The number of rotatable bonds is 2. The number of nitrogens with two attached hydrogens (primary N) is 1. The van der Waals surface area contributed by atoms with E-state index in [1.54, 1.807) is 12.1 Å². The van der Waals surface area contributed by atoms with E-state index in [2.05, 4.69) is 0 Å². The Bertz CT molecular complexity index is 500. The van der Waals surface area contributed by atoms with Crippen molar-refractivity contribution in [1.29, 1.82) is 0 Å². The van der Waals surface area contributed by atoms with Gasteiger partial charge in [0.05, 0.1) is 5.69 Å². The summed E-state index contributed by atoms with van der Waals surface area (Å²) in [5.74, 6) is 0.441. The van der Waals surface area contributed by atoms with Crippen molar-refractivity contribution >= 4 is 5.82 Å². The van der Waals surface area contributed by atoms with E-state index < -0.39 is 0 Å². The summed E-state index contributed by atoms with van der Waals surface area (Å²) in [6, 6.07) is 10.6. The van der Waals surface area contributed by atoms with Gasteiger partial charge in [0.2, 0.25) is 0 Å². The van der Waals surface area contributed by atoms with Crippen molar-refractivity contribution in [3.8, 4) is 11.3 Å². The van der Waals surface area contributed by atoms with Gasteiger partial charge >= 0.3 is 0 Å². The summed E-state index contributed by atoms with van der Waals surface area (Å²) in [4.78, 5) is 0. The molecule has 0 amide bonds. The molecule has 84 valence electrons. The molecule has 0 atom stereocenters. The van der Waals surface area contributed by atoms with Gasteiger partial charge in [-0.3, -0.25) is 0 Å². The summed E-state index contributed by atoms with van der Waals surface area (Å²) in [5.41, 5.74) is 7.29. The van der Waals surface area contributed by atoms with Crippen LogP contribution in [0.5, 0.6) is 0 Å². The fraction of sp³-hybridized carbons (Fsp3) is 0.231. The first-order valence-electron chi connectivity index (χ1n) is 5.33. The third-order valence-electron chi connectivity index (χ3n) is 2.62. The highest BCUT2D eigenvalue weighted by Gasteiger charge is 2.13. The monoisotopic (exact) mass is 218 g/mol. The number of hydrogen-bond acceptors (Lipinski definition) is 1. The highest BCUT2D eigenvalue weighted by molar-refractivity contribution is 5.64. The van der Waals surface area contributed by atoms with E-state index in [9.17, 15) is 4.39 Å². The molecule has 1 aromatic heterocycles. The Morgan fingerprint density at radius 2 is 1.81 bits per heavy atom. The van der Waals surface area contributed by atoms with Crippen molar-refractivity contribution in [3.05, 3.63) is 42.2 Å². The second-order valence-corrected chi connectivity index (χ2v) is 4.09. The molecule has 0 radical (unpaired) electrons. The van der Waals surface area contributed by atoms with E-state index in [4.69, 9.17) is 5.73 Å². The van der Waals surface area contributed by atoms with Crippen molar-refractivity contribution in [2.75, 3.05) is 5.73 Å². The zero-order valence-electron chi connectivity index (χ0n) is 9.44. The number of nitrogens with zero attached hydrogens (tertiary/aromatic N) is 1. The van der Waals surface area contributed by atoms with Crippen molar-refractivity contribution < 1.29 is 4.39 Å². The Kier molecular flexibility index (Phi) is 2.69. The first-order chi connectivity index (χ1) is 7.61. The predicted molar refractivity (Wildman–Crippen MR) is 64.6 cm³/mol. The minimum atomic E-state index is -0.220. The smallest absolute Gasteiger partial charge is 0.132 e. The molecular weight excluding hydrogens is 203 g/mol. The maximum atomic E-state index is 13.7. The molecule has 0 unspecified atom stereocenters. The van der Waals surface area contributed by atoms with Gasteiger partial charge in [-0.25, -0.2) is 4.39 Å². The second kappa shape index (κ2) is 4.00. The zero-order valence-corrected chi connectivity index (χ0v) is 9.44. The first kappa shape index (κ1) is 10.7. The quantitative estimate of drug-likeness (QED) is 0.822. The lowest BCUT2D eigenvalue weighted by atomic mass is 10.1. The van der Waals surface area contributed by atoms with Crippen molar-refractivity contribution in [1.82, 2.24) is 4.57 Å². The molecule has 1 aromatic carbocycles. The number of benzene rings is 1. The van der Waals surface area contributed by atoms with Gasteiger partial charge in [0.25, 0.3) is 0 Å². The molecule has 0 aliphatic carbocycles. The normalized spacial score (nSPS) is 11.0. The van der Waals surface area contributed by atoms with Gasteiger partial charge in [-0.15, -0.1) is 0 Å². The van der Waals surface area contributed by atoms with Crippen molar-refractivity contribution in [2.24, 2.45) is 0 Å². The molecule has 0 aliphatic heterocycles. The van der Waals surface area contributed by atoms with E-state index in [1.165, 1.54) is 6.07 Å². The van der Waals surface area contributed by atoms with E-state index in [1.807, 2.05) is 36.6 Å². The van der Waals surface area contributed by atoms with E-state index in [-0.39, 0.29) is 11.9 Å². The van der Waals surface area contributed by atoms with Crippen LogP contribution in [-0.2, 0) is 0 Å². The topological polar surface area (TPSA) is 30.9 Å². The van der Waals surface area contributed by atoms with Crippen LogP contribution in [-0.4, -0.2) is 4.57 Å². The van der Waals surface area contributed by atoms with Crippen molar-refractivity contribution in [3.63, 3.8) is 0 Å². The Balaban J connectivity index is 2.61. The van der Waals surface area contributed by atoms with E-state index in [0.717, 1.165) is 5.69 Å². The van der Waals surface area contributed by atoms with E-state index >= 15 is 0 Å². The van der Waals surface area contributed by atoms with Crippen LogP contribution in [0.4, 0.5) is 10.2 Å². The maximum absolute atomic E-state index is 13.7. The maximum Gasteiger partial charge on any atom is 0.132 e. The molecule has 2 nitrogen and oxygen atoms in total. The number of anilines is 1. The minimum absolute atomic E-state index is 0.213. The van der Waals surface area contributed by atoms with Gasteiger partial charge in [0.15, 0.2) is 0 Å². The lowest BCUT2D eigenvalue weighted by molar-refractivity contribution is 0.605. The molecule has 3 heteroatoms. The number of aromatic nitrogens is 1. The molecule has 0 fully saturated rings. The number of nitrogen functional groups attached to an aromatic ring is 1. The Morgan fingerprint density at radius 3 is 2.44 bits per heavy atom. The fourth-order valence-electron chi connectivity index (χ4n) is 1.93. The molecule has 1 heterocycles. The van der Waals surface area contributed by atoms with Gasteiger partial charge in [0, 0.05) is 11.6 Å². The summed E-state index contributed by atoms with van der Waals surface area (Å²) < 4.78 is 15.6. The standard InChI is InChI=1S/C13H15FN2/c1-9(2)16-12(7-8-13(16)15)10-5-3-4-6-11(10)14/h3-9H,15H2,1-2H3. The fourth-order valence-corrected chi connectivity index (χ4v) is 1.93. The molecule has 2 rings (SSSR count). The summed E-state index contributed by atoms with van der Waals surface area (Å²) in [6.45, 7) is 4.06. The van der Waals surface area contributed by atoms with E-state index in [0.29, 0.717) is 11.4 Å². The average molecular weight is 218 g/mol. The Morgan fingerprint density at radius 1 is 1.12 bits per heavy atom. The minimum Gasteiger partial charge on any atom is -0.385 e. The Hall–Kier alpha value is -1.77. The molecule has 0 aliphatic rings. The lowest BCUT2D eigenvalue weighted by Crippen LogP contribution is -2.07. The summed E-state index contributed by atoms with van der Waals surface area (Å²) in [7, 11) is 0. The van der Waals surface area contributed by atoms with Crippen LogP contribution in [0.2, 0.25) is 0 Å². The van der Waals surface area contributed by atoms with Crippen LogP contribution in [0.15, 0.2) is 36.4 Å². The molecule has 16 heavy (non-hydrogen) atoms. The third-order valence-corrected chi connectivity index (χ3v) is 2.62. The number of hydrogen-bond donors (Lipinski definition) is 1. The second-order valence-electron chi connectivity index (χ2n) is 4.09. The van der Waals surface area contributed by atoms with Crippen LogP contribution in [0.3, 0.4) is 0 Å². The lowest BCUT2D eigenvalue weighted by Gasteiger charge is -2.15. The van der Waals surface area contributed by atoms with Crippen LogP contribution >= 0.6 is 0 Å². The summed E-state index contributed by atoms with van der Waals surface area (Å²) >= 11 is 0. The highest BCUT2D eigenvalue weighted by Crippen LogP contribution is 2.29. The van der Waals surface area contributed by atoms with Gasteiger partial charge in [-0.1, -0.05) is 12.1 Å². The van der Waals surface area contributed by atoms with Crippen molar-refractivity contribution in [2.45, 2.75) is 19.9 Å². The van der Waals surface area contributed by atoms with Gasteiger partial charge < -0.3 is 10.3 Å². The molecule has 2 N–H and O–H groups in total. The molecule has 0 bridgehead atoms. The van der Waals surface area contributed by atoms with Crippen LogP contribution in [0, 0.1) is 5.82 Å². The SMILES string of the molecule is CC(C)n1c(N)ccc1-c1ccccc1F. The molecular formula is C13H15FN2. The first-order valence-corrected chi connectivity index (χ1v) is 5.33. The highest BCUT2D eigenvalue weighted by atomic mass is 19.1. The van der Waals surface area contributed by atoms with Crippen LogP contribution in [0.1, 0.15) is 19.9 Å². The zero-order chi connectivity index (χ0) is 11.7. The predicted octanol–water partition coefficient (Wildman–Crippen LogP) is 3.46. The molecule has 0 saturated carbocycles. The summed E-state index contributed by atoms with van der Waals surface area (Å²) in [5, 5.41) is 0. The van der Waals surface area contributed by atoms with Crippen LogP contribution < -0.4 is 5.73 Å². The van der Waals surface area contributed by atoms with Gasteiger partial charge in [-0.2, -0.15) is 0 Å². The largest absolute Gasteiger partial charge is 0.385 e. The van der Waals surface area contributed by atoms with Crippen LogP contribution in [0.25, 0.3) is 11.3 Å². The average Bonchev–Trinajstić information content (AvgIpc) is 2.61. The summed E-state index contributed by atoms with van der Waals surface area (Å²) in [6.07, 6.45) is 0. The van der Waals surface area contributed by atoms with Gasteiger partial charge in [-0.05, 0) is 38.1 Å². The number of halogens is 1. The Labute approximate surface area is 94.5 Å². The molecule has 2 aromatic rings. The molecule has 0 saturated heterocycles. The molecule has 0 spiro atoms.